The highest BCUT2D eigenvalue weighted by atomic mass is 32.1. The lowest BCUT2D eigenvalue weighted by Crippen LogP contribution is -2.36. The van der Waals surface area contributed by atoms with Gasteiger partial charge in [0.05, 0.1) is 18.8 Å². The molecule has 28 heavy (non-hydrogen) atoms. The van der Waals surface area contributed by atoms with Crippen LogP contribution in [0.15, 0.2) is 65.8 Å². The van der Waals surface area contributed by atoms with Crippen LogP contribution in [0, 0.1) is 6.92 Å². The fourth-order valence-electron chi connectivity index (χ4n) is 2.59. The molecule has 0 spiro atoms. The summed E-state index contributed by atoms with van der Waals surface area (Å²) < 4.78 is 5.78. The number of nitrogens with zero attached hydrogens (tertiary/aromatic N) is 2. The van der Waals surface area contributed by atoms with Crippen molar-refractivity contribution >= 4 is 17.3 Å². The maximum Gasteiger partial charge on any atom is 0.191 e. The van der Waals surface area contributed by atoms with Crippen LogP contribution >= 0.6 is 11.3 Å². The van der Waals surface area contributed by atoms with E-state index in [2.05, 4.69) is 46.6 Å². The van der Waals surface area contributed by atoms with E-state index in [1.54, 1.807) is 17.5 Å². The van der Waals surface area contributed by atoms with Crippen molar-refractivity contribution in [2.45, 2.75) is 33.5 Å². The molecule has 0 saturated heterocycles. The number of nitrogens with one attached hydrogen (secondary N) is 2. The Morgan fingerprint density at radius 1 is 1.07 bits per heavy atom. The summed E-state index contributed by atoms with van der Waals surface area (Å²) in [6.07, 6.45) is 1.77. The van der Waals surface area contributed by atoms with Crippen LogP contribution in [0.5, 0.6) is 5.75 Å². The van der Waals surface area contributed by atoms with Crippen molar-refractivity contribution in [1.29, 1.82) is 0 Å². The Kier molecular flexibility index (Phi) is 7.44. The second-order valence-corrected chi connectivity index (χ2v) is 7.69. The van der Waals surface area contributed by atoms with Gasteiger partial charge < -0.3 is 15.4 Å². The molecule has 0 aliphatic carbocycles. The Balaban J connectivity index is 1.51. The molecule has 3 aromatic rings. The van der Waals surface area contributed by atoms with Gasteiger partial charge in [0.1, 0.15) is 12.4 Å². The second-order valence-electron chi connectivity index (χ2n) is 6.31. The van der Waals surface area contributed by atoms with Crippen molar-refractivity contribution in [1.82, 2.24) is 15.6 Å². The van der Waals surface area contributed by atoms with Gasteiger partial charge in [0.25, 0.3) is 0 Å². The standard InChI is InChI=1S/C22H26N4OS/c1-3-23-22(26-15-21-12-7-17(2)28-21)25-14-18-8-10-20(11-9-18)27-16-19-6-4-5-13-24-19/h4-13H,3,14-16H2,1-2H3,(H2,23,25,26). The predicted octanol–water partition coefficient (Wildman–Crippen LogP) is 4.29. The number of hydrogen-bond donors (Lipinski definition) is 2. The molecule has 0 amide bonds. The lowest BCUT2D eigenvalue weighted by Gasteiger charge is -2.11. The Hall–Kier alpha value is -2.86. The third kappa shape index (κ3) is 6.39. The van der Waals surface area contributed by atoms with Gasteiger partial charge in [0, 0.05) is 22.5 Å². The maximum atomic E-state index is 5.78. The number of aryl methyl sites for hydroxylation is 1. The lowest BCUT2D eigenvalue weighted by atomic mass is 10.2. The molecule has 2 heterocycles. The molecule has 0 bridgehead atoms. The lowest BCUT2D eigenvalue weighted by molar-refractivity contribution is 0.301. The van der Waals surface area contributed by atoms with Crippen LogP contribution < -0.4 is 15.4 Å². The van der Waals surface area contributed by atoms with Gasteiger partial charge in [0.2, 0.25) is 0 Å². The first-order valence-corrected chi connectivity index (χ1v) is 10.2. The van der Waals surface area contributed by atoms with Crippen molar-refractivity contribution < 1.29 is 4.74 Å². The minimum atomic E-state index is 0.467. The largest absolute Gasteiger partial charge is 0.487 e. The second kappa shape index (κ2) is 10.5. The maximum absolute atomic E-state index is 5.78. The number of aliphatic imine (C=N–C) groups is 1. The minimum Gasteiger partial charge on any atom is -0.487 e. The van der Waals surface area contributed by atoms with Gasteiger partial charge in [-0.15, -0.1) is 11.3 Å². The summed E-state index contributed by atoms with van der Waals surface area (Å²) in [5.74, 6) is 1.65. The SMILES string of the molecule is CCNC(=NCc1ccc(OCc2ccccn2)cc1)NCc1ccc(C)s1. The Labute approximate surface area is 170 Å². The van der Waals surface area contributed by atoms with Gasteiger partial charge in [-0.1, -0.05) is 18.2 Å². The van der Waals surface area contributed by atoms with Crippen LogP contribution in [-0.4, -0.2) is 17.5 Å². The molecular formula is C22H26N4OS. The summed E-state index contributed by atoms with van der Waals surface area (Å²) in [6.45, 7) is 6.88. The highest BCUT2D eigenvalue weighted by molar-refractivity contribution is 7.11. The van der Waals surface area contributed by atoms with E-state index in [4.69, 9.17) is 4.74 Å². The van der Waals surface area contributed by atoms with E-state index >= 15 is 0 Å². The van der Waals surface area contributed by atoms with E-state index in [1.807, 2.05) is 42.5 Å². The number of guanidine groups is 1. The number of pyridine rings is 1. The van der Waals surface area contributed by atoms with Gasteiger partial charge in [-0.2, -0.15) is 0 Å². The van der Waals surface area contributed by atoms with Crippen molar-refractivity contribution in [2.75, 3.05) is 6.54 Å². The van der Waals surface area contributed by atoms with Crippen molar-refractivity contribution in [3.8, 4) is 5.75 Å². The summed E-state index contributed by atoms with van der Waals surface area (Å²) in [4.78, 5) is 11.6. The molecule has 1 aromatic carbocycles. The molecule has 6 heteroatoms. The first-order valence-electron chi connectivity index (χ1n) is 9.42. The monoisotopic (exact) mass is 394 g/mol. The predicted molar refractivity (Wildman–Crippen MR) is 116 cm³/mol. The van der Waals surface area contributed by atoms with E-state index in [0.29, 0.717) is 13.2 Å². The van der Waals surface area contributed by atoms with Crippen molar-refractivity contribution in [3.05, 3.63) is 81.8 Å². The van der Waals surface area contributed by atoms with E-state index in [0.717, 1.165) is 36.1 Å². The summed E-state index contributed by atoms with van der Waals surface area (Å²) >= 11 is 1.80. The first-order chi connectivity index (χ1) is 13.7. The third-order valence-corrected chi connectivity index (χ3v) is 5.03. The molecule has 0 atom stereocenters. The number of aromatic nitrogens is 1. The van der Waals surface area contributed by atoms with Gasteiger partial charge in [-0.05, 0) is 55.8 Å². The van der Waals surface area contributed by atoms with Gasteiger partial charge in [0.15, 0.2) is 5.96 Å². The third-order valence-electron chi connectivity index (χ3n) is 4.03. The summed E-state index contributed by atoms with van der Waals surface area (Å²) in [6, 6.07) is 18.1. The molecule has 2 aromatic heterocycles. The number of hydrogen-bond acceptors (Lipinski definition) is 4. The number of benzene rings is 1. The number of rotatable bonds is 8. The Morgan fingerprint density at radius 3 is 2.61 bits per heavy atom. The fourth-order valence-corrected chi connectivity index (χ4v) is 3.42. The van der Waals surface area contributed by atoms with Crippen LogP contribution in [-0.2, 0) is 19.7 Å². The average Bonchev–Trinajstić information content (AvgIpc) is 3.15. The van der Waals surface area contributed by atoms with E-state index < -0.39 is 0 Å². The van der Waals surface area contributed by atoms with Crippen molar-refractivity contribution in [2.24, 2.45) is 4.99 Å². The smallest absolute Gasteiger partial charge is 0.191 e. The summed E-state index contributed by atoms with van der Waals surface area (Å²) in [7, 11) is 0. The molecular weight excluding hydrogens is 368 g/mol. The molecule has 2 N–H and O–H groups in total. The minimum absolute atomic E-state index is 0.467. The first kappa shape index (κ1) is 19.9. The fraction of sp³-hybridized carbons (Fsp3) is 0.273. The number of ether oxygens (including phenoxy) is 1. The molecule has 5 nitrogen and oxygen atoms in total. The van der Waals surface area contributed by atoms with Crippen LogP contribution in [0.1, 0.15) is 27.9 Å². The van der Waals surface area contributed by atoms with Gasteiger partial charge >= 0.3 is 0 Å². The van der Waals surface area contributed by atoms with E-state index in [-0.39, 0.29) is 0 Å². The van der Waals surface area contributed by atoms with Gasteiger partial charge in [-0.3, -0.25) is 4.98 Å². The topological polar surface area (TPSA) is 58.5 Å². The van der Waals surface area contributed by atoms with Crippen LogP contribution in [0.25, 0.3) is 0 Å². The molecule has 3 rings (SSSR count). The summed E-state index contributed by atoms with van der Waals surface area (Å²) in [5, 5.41) is 6.68. The van der Waals surface area contributed by atoms with Crippen LogP contribution in [0.2, 0.25) is 0 Å². The molecule has 0 aliphatic heterocycles. The molecule has 0 saturated carbocycles. The zero-order valence-corrected chi connectivity index (χ0v) is 17.1. The number of thiophene rings is 1. The normalized spacial score (nSPS) is 11.3. The molecule has 146 valence electrons. The average molecular weight is 395 g/mol. The van der Waals surface area contributed by atoms with E-state index in [1.165, 1.54) is 9.75 Å². The Morgan fingerprint density at radius 2 is 1.93 bits per heavy atom. The molecule has 0 radical (unpaired) electrons. The van der Waals surface area contributed by atoms with Crippen LogP contribution in [0.4, 0.5) is 0 Å². The highest BCUT2D eigenvalue weighted by Gasteiger charge is 2.01. The molecule has 0 unspecified atom stereocenters. The van der Waals surface area contributed by atoms with E-state index in [9.17, 15) is 0 Å². The molecule has 0 fully saturated rings. The van der Waals surface area contributed by atoms with Crippen molar-refractivity contribution in [3.63, 3.8) is 0 Å². The highest BCUT2D eigenvalue weighted by Crippen LogP contribution is 2.15. The zero-order valence-electron chi connectivity index (χ0n) is 16.3. The quantitative estimate of drug-likeness (QED) is 0.442. The zero-order chi connectivity index (χ0) is 19.6. The molecule has 0 aliphatic rings. The summed E-state index contributed by atoms with van der Waals surface area (Å²) in [5.41, 5.74) is 2.05. The van der Waals surface area contributed by atoms with Crippen LogP contribution in [0.3, 0.4) is 0 Å². The van der Waals surface area contributed by atoms with Gasteiger partial charge in [-0.25, -0.2) is 4.99 Å². The Bertz CT molecular complexity index is 875.